The Hall–Kier alpha value is -2.23. The molecule has 0 aliphatic heterocycles. The maximum Gasteiger partial charge on any atom is 0.177 e. The minimum atomic E-state index is -1.63. The fraction of sp³-hybridized carbons (Fsp3) is 0.300. The highest BCUT2D eigenvalue weighted by Crippen LogP contribution is 2.29. The van der Waals surface area contributed by atoms with Crippen molar-refractivity contribution in [3.8, 4) is 11.8 Å². The molecular formula is C20H23FNO3+. The minimum absolute atomic E-state index is 0.0101. The van der Waals surface area contributed by atoms with Crippen molar-refractivity contribution in [2.45, 2.75) is 5.60 Å². The highest BCUT2D eigenvalue weighted by atomic mass is 19.1. The third kappa shape index (κ3) is 5.12. The van der Waals surface area contributed by atoms with E-state index in [1.807, 2.05) is 6.07 Å². The minimum Gasteiger partial charge on any atom is -0.391 e. The Bertz CT molecular complexity index is 720. The first-order chi connectivity index (χ1) is 12.1. The van der Waals surface area contributed by atoms with E-state index in [2.05, 4.69) is 11.8 Å². The van der Waals surface area contributed by atoms with E-state index in [1.165, 1.54) is 18.2 Å². The van der Waals surface area contributed by atoms with Gasteiger partial charge in [-0.15, -0.1) is 0 Å². The lowest BCUT2D eigenvalue weighted by atomic mass is 9.87. The van der Waals surface area contributed by atoms with Crippen molar-refractivity contribution in [2.24, 2.45) is 0 Å². The van der Waals surface area contributed by atoms with Gasteiger partial charge in [0.15, 0.2) is 5.60 Å². The molecule has 0 unspecified atom stereocenters. The molecule has 4 N–H and O–H groups in total. The van der Waals surface area contributed by atoms with Gasteiger partial charge in [-0.3, -0.25) is 0 Å². The van der Waals surface area contributed by atoms with Crippen molar-refractivity contribution in [2.75, 3.05) is 32.8 Å². The Labute approximate surface area is 147 Å². The van der Waals surface area contributed by atoms with Crippen LogP contribution < -0.4 is 4.90 Å². The molecule has 132 valence electrons. The molecule has 0 aliphatic carbocycles. The van der Waals surface area contributed by atoms with E-state index in [-0.39, 0.29) is 13.2 Å². The first kappa shape index (κ1) is 19.1. The maximum atomic E-state index is 13.6. The van der Waals surface area contributed by atoms with Crippen LogP contribution >= 0.6 is 0 Å². The van der Waals surface area contributed by atoms with Crippen molar-refractivity contribution in [1.29, 1.82) is 0 Å². The van der Waals surface area contributed by atoms with Crippen LogP contribution in [0.15, 0.2) is 54.6 Å². The van der Waals surface area contributed by atoms with E-state index in [0.29, 0.717) is 30.8 Å². The number of aliphatic hydroxyl groups excluding tert-OH is 2. The molecule has 0 bridgehead atoms. The van der Waals surface area contributed by atoms with Crippen molar-refractivity contribution < 1.29 is 24.6 Å². The first-order valence-corrected chi connectivity index (χ1v) is 8.19. The predicted octanol–water partition coefficient (Wildman–Crippen LogP) is -0.0655. The largest absolute Gasteiger partial charge is 0.391 e. The van der Waals surface area contributed by atoms with Crippen molar-refractivity contribution in [1.82, 2.24) is 0 Å². The van der Waals surface area contributed by atoms with Gasteiger partial charge in [0.1, 0.15) is 25.5 Å². The van der Waals surface area contributed by atoms with E-state index in [9.17, 15) is 9.50 Å². The lowest BCUT2D eigenvalue weighted by Crippen LogP contribution is -3.12. The zero-order chi connectivity index (χ0) is 18.1. The number of benzene rings is 2. The summed E-state index contributed by atoms with van der Waals surface area (Å²) < 4.78 is 13.6. The summed E-state index contributed by atoms with van der Waals surface area (Å²) in [5.74, 6) is 5.35. The Morgan fingerprint density at radius 2 is 1.56 bits per heavy atom. The second-order valence-corrected chi connectivity index (χ2v) is 5.76. The first-order valence-electron chi connectivity index (χ1n) is 8.19. The molecule has 0 saturated heterocycles. The molecule has 25 heavy (non-hydrogen) atoms. The zero-order valence-corrected chi connectivity index (χ0v) is 14.0. The van der Waals surface area contributed by atoms with E-state index >= 15 is 0 Å². The van der Waals surface area contributed by atoms with Gasteiger partial charge in [-0.1, -0.05) is 48.4 Å². The fourth-order valence-electron chi connectivity index (χ4n) is 2.62. The van der Waals surface area contributed by atoms with Crippen LogP contribution in [0.4, 0.5) is 4.39 Å². The SMILES string of the molecule is OCC[NH+](CC#C[C@](O)(c1ccccc1)c1cccc(F)c1)CCO. The van der Waals surface area contributed by atoms with Crippen LogP contribution in [0.5, 0.6) is 0 Å². The van der Waals surface area contributed by atoms with Gasteiger partial charge in [-0.2, -0.15) is 0 Å². The molecule has 0 radical (unpaired) electrons. The Balaban J connectivity index is 2.35. The van der Waals surface area contributed by atoms with Crippen molar-refractivity contribution in [3.05, 3.63) is 71.5 Å². The van der Waals surface area contributed by atoms with E-state index in [1.54, 1.807) is 30.3 Å². The predicted molar refractivity (Wildman–Crippen MR) is 93.4 cm³/mol. The van der Waals surface area contributed by atoms with Crippen molar-refractivity contribution in [3.63, 3.8) is 0 Å². The second kappa shape index (κ2) is 9.30. The third-order valence-electron chi connectivity index (χ3n) is 3.97. The highest BCUT2D eigenvalue weighted by Gasteiger charge is 2.29. The van der Waals surface area contributed by atoms with E-state index in [0.717, 1.165) is 4.90 Å². The summed E-state index contributed by atoms with van der Waals surface area (Å²) in [7, 11) is 0. The molecule has 2 rings (SSSR count). The molecular weight excluding hydrogens is 321 g/mol. The van der Waals surface area contributed by atoms with Crippen LogP contribution in [0.3, 0.4) is 0 Å². The van der Waals surface area contributed by atoms with Gasteiger partial charge < -0.3 is 20.2 Å². The number of nitrogens with one attached hydrogen (secondary N) is 1. The summed E-state index contributed by atoms with van der Waals surface area (Å²) in [6.07, 6.45) is 0. The van der Waals surface area contributed by atoms with Gasteiger partial charge in [0, 0.05) is 11.1 Å². The van der Waals surface area contributed by atoms with Crippen LogP contribution in [-0.2, 0) is 5.60 Å². The fourth-order valence-corrected chi connectivity index (χ4v) is 2.62. The van der Waals surface area contributed by atoms with Crippen LogP contribution in [-0.4, -0.2) is 48.2 Å². The summed E-state index contributed by atoms with van der Waals surface area (Å²) in [4.78, 5) is 0.909. The smallest absolute Gasteiger partial charge is 0.177 e. The van der Waals surface area contributed by atoms with Gasteiger partial charge in [0.25, 0.3) is 0 Å². The molecule has 0 spiro atoms. The van der Waals surface area contributed by atoms with Crippen LogP contribution in [0, 0.1) is 17.7 Å². The van der Waals surface area contributed by atoms with Gasteiger partial charge in [0.05, 0.1) is 13.2 Å². The molecule has 0 aliphatic rings. The van der Waals surface area contributed by atoms with Crippen molar-refractivity contribution >= 4 is 0 Å². The monoisotopic (exact) mass is 344 g/mol. The lowest BCUT2D eigenvalue weighted by molar-refractivity contribution is -0.893. The molecule has 2 aromatic rings. The summed E-state index contributed by atoms with van der Waals surface area (Å²) in [6, 6.07) is 14.7. The number of hydrogen-bond acceptors (Lipinski definition) is 3. The standard InChI is InChI=1S/C20H22FNO3/c21-19-9-4-8-18(16-19)20(25,17-6-2-1-3-7-17)10-5-11-22(12-14-23)13-15-24/h1-4,6-9,16,23-25H,11-15H2/p+1/t20-/m0/s1. The highest BCUT2D eigenvalue weighted by molar-refractivity contribution is 5.44. The zero-order valence-electron chi connectivity index (χ0n) is 14.0. The molecule has 1 atom stereocenters. The Morgan fingerprint density at radius 3 is 2.16 bits per heavy atom. The number of hydrogen-bond donors (Lipinski definition) is 4. The lowest BCUT2D eigenvalue weighted by Gasteiger charge is -2.24. The summed E-state index contributed by atoms with van der Waals surface area (Å²) >= 11 is 0. The number of aliphatic hydroxyl groups is 3. The normalized spacial score (nSPS) is 13.2. The number of quaternary nitrogens is 1. The number of rotatable bonds is 7. The van der Waals surface area contributed by atoms with Crippen LogP contribution in [0.25, 0.3) is 0 Å². The molecule has 0 aromatic heterocycles. The van der Waals surface area contributed by atoms with E-state index < -0.39 is 11.4 Å². The molecule has 0 saturated carbocycles. The number of halogens is 1. The van der Waals surface area contributed by atoms with Gasteiger partial charge in [-0.05, 0) is 18.1 Å². The third-order valence-corrected chi connectivity index (χ3v) is 3.97. The Morgan fingerprint density at radius 1 is 0.920 bits per heavy atom. The molecule has 0 fully saturated rings. The molecule has 2 aromatic carbocycles. The van der Waals surface area contributed by atoms with E-state index in [4.69, 9.17) is 10.2 Å². The summed E-state index contributed by atoms with van der Waals surface area (Å²) in [5.41, 5.74) is -0.719. The summed E-state index contributed by atoms with van der Waals surface area (Å²) in [6.45, 7) is 1.25. The maximum absolute atomic E-state index is 13.6. The quantitative estimate of drug-likeness (QED) is 0.532. The topological polar surface area (TPSA) is 65.1 Å². The van der Waals surface area contributed by atoms with Gasteiger partial charge in [0.2, 0.25) is 0 Å². The molecule has 5 heteroatoms. The average molecular weight is 344 g/mol. The van der Waals surface area contributed by atoms with Gasteiger partial charge >= 0.3 is 0 Å². The van der Waals surface area contributed by atoms with Gasteiger partial charge in [-0.25, -0.2) is 4.39 Å². The second-order valence-electron chi connectivity index (χ2n) is 5.76. The van der Waals surface area contributed by atoms with Crippen LogP contribution in [0.2, 0.25) is 0 Å². The van der Waals surface area contributed by atoms with Crippen LogP contribution in [0.1, 0.15) is 11.1 Å². The molecule has 0 amide bonds. The summed E-state index contributed by atoms with van der Waals surface area (Å²) in [5, 5.41) is 29.3. The molecule has 0 heterocycles. The Kier molecular flexibility index (Phi) is 7.11. The molecule has 4 nitrogen and oxygen atoms in total. The average Bonchev–Trinajstić information content (AvgIpc) is 2.62.